The quantitative estimate of drug-likeness (QED) is 0.826. The van der Waals surface area contributed by atoms with E-state index in [1.165, 1.54) is 0 Å². The van der Waals surface area contributed by atoms with Gasteiger partial charge in [0.2, 0.25) is 5.91 Å². The summed E-state index contributed by atoms with van der Waals surface area (Å²) in [5.41, 5.74) is 8.17. The maximum Gasteiger partial charge on any atom is 0.231 e. The highest BCUT2D eigenvalue weighted by molar-refractivity contribution is 7.07. The minimum Gasteiger partial charge on any atom is -0.369 e. The zero-order chi connectivity index (χ0) is 13.0. The lowest BCUT2D eigenvalue weighted by Crippen LogP contribution is -2.45. The van der Waals surface area contributed by atoms with Crippen molar-refractivity contribution in [3.05, 3.63) is 16.6 Å². The van der Waals surface area contributed by atoms with Crippen LogP contribution in [0.2, 0.25) is 0 Å². The van der Waals surface area contributed by atoms with Gasteiger partial charge in [0.25, 0.3) is 0 Å². The molecule has 1 saturated heterocycles. The van der Waals surface area contributed by atoms with Gasteiger partial charge < -0.3 is 11.1 Å². The Hall–Kier alpha value is -0.980. The molecule has 1 aromatic heterocycles. The van der Waals surface area contributed by atoms with Crippen molar-refractivity contribution in [1.82, 2.24) is 15.2 Å². The molecule has 6 heteroatoms. The van der Waals surface area contributed by atoms with Crippen molar-refractivity contribution in [2.75, 3.05) is 19.6 Å². The molecule has 0 aromatic carbocycles. The number of aromatic nitrogens is 1. The van der Waals surface area contributed by atoms with Crippen molar-refractivity contribution in [3.8, 4) is 0 Å². The summed E-state index contributed by atoms with van der Waals surface area (Å²) in [5.74, 6) is -0.239. The Morgan fingerprint density at radius 1 is 1.67 bits per heavy atom. The molecular formula is C12H20N4OS. The van der Waals surface area contributed by atoms with E-state index in [4.69, 9.17) is 5.73 Å². The van der Waals surface area contributed by atoms with Crippen molar-refractivity contribution in [2.24, 2.45) is 5.73 Å². The summed E-state index contributed by atoms with van der Waals surface area (Å²) >= 11 is 1.63. The summed E-state index contributed by atoms with van der Waals surface area (Å²) in [5, 5.41) is 5.68. The summed E-state index contributed by atoms with van der Waals surface area (Å²) in [6.07, 6.45) is 2.11. The van der Waals surface area contributed by atoms with Crippen LogP contribution in [0, 0.1) is 0 Å². The number of amides is 1. The number of thiazole rings is 1. The first kappa shape index (κ1) is 13.5. The molecule has 3 N–H and O–H groups in total. The predicted molar refractivity (Wildman–Crippen MR) is 72.3 cm³/mol. The first-order valence-corrected chi connectivity index (χ1v) is 7.24. The van der Waals surface area contributed by atoms with Gasteiger partial charge in [0.15, 0.2) is 0 Å². The summed E-state index contributed by atoms with van der Waals surface area (Å²) in [6, 6.07) is 0.801. The second-order valence-corrected chi connectivity index (χ2v) is 5.54. The molecule has 1 unspecified atom stereocenters. The van der Waals surface area contributed by atoms with Crippen molar-refractivity contribution in [3.63, 3.8) is 0 Å². The van der Waals surface area contributed by atoms with Crippen LogP contribution in [-0.4, -0.2) is 41.5 Å². The fourth-order valence-corrected chi connectivity index (χ4v) is 3.00. The molecule has 0 radical (unpaired) electrons. The van der Waals surface area contributed by atoms with E-state index >= 15 is 0 Å². The highest BCUT2D eigenvalue weighted by atomic mass is 32.1. The Morgan fingerprint density at radius 3 is 2.94 bits per heavy atom. The number of carbonyl (C=O) groups excluding carboxylic acids is 1. The first-order valence-electron chi connectivity index (χ1n) is 6.30. The monoisotopic (exact) mass is 268 g/mol. The third-order valence-electron chi connectivity index (χ3n) is 3.35. The van der Waals surface area contributed by atoms with Gasteiger partial charge in [0.05, 0.1) is 17.7 Å². The zero-order valence-electron chi connectivity index (χ0n) is 10.6. The molecule has 0 aliphatic carbocycles. The normalized spacial score (nSPS) is 19.8. The van der Waals surface area contributed by atoms with Crippen LogP contribution in [0.15, 0.2) is 10.9 Å². The molecule has 2 rings (SSSR count). The summed E-state index contributed by atoms with van der Waals surface area (Å²) in [4.78, 5) is 17.3. The topological polar surface area (TPSA) is 71.2 Å². The Bertz CT molecular complexity index is 373. The molecule has 1 aliphatic heterocycles. The van der Waals surface area contributed by atoms with Crippen LogP contribution in [0.4, 0.5) is 0 Å². The number of piperidine rings is 1. The molecule has 0 bridgehead atoms. The van der Waals surface area contributed by atoms with Gasteiger partial charge in [-0.05, 0) is 19.8 Å². The van der Waals surface area contributed by atoms with Crippen molar-refractivity contribution >= 4 is 17.2 Å². The molecule has 0 spiro atoms. The van der Waals surface area contributed by atoms with Crippen LogP contribution in [-0.2, 0) is 4.79 Å². The van der Waals surface area contributed by atoms with Gasteiger partial charge in [-0.1, -0.05) is 0 Å². The molecule has 2 heterocycles. The van der Waals surface area contributed by atoms with Crippen molar-refractivity contribution in [1.29, 1.82) is 0 Å². The van der Waals surface area contributed by atoms with E-state index in [9.17, 15) is 4.79 Å². The van der Waals surface area contributed by atoms with Crippen LogP contribution < -0.4 is 11.1 Å². The van der Waals surface area contributed by atoms with E-state index in [1.54, 1.807) is 11.3 Å². The van der Waals surface area contributed by atoms with Crippen LogP contribution in [0.1, 0.15) is 31.5 Å². The lowest BCUT2D eigenvalue weighted by Gasteiger charge is -2.32. The molecule has 5 nitrogen and oxygen atoms in total. The molecule has 1 atom stereocenters. The van der Waals surface area contributed by atoms with E-state index in [0.717, 1.165) is 31.6 Å². The summed E-state index contributed by atoms with van der Waals surface area (Å²) in [7, 11) is 0. The standard InChI is InChI=1S/C12H20N4OS/c1-9(11-7-18-8-14-11)15-10-2-4-16(5-3-10)6-12(13)17/h7-10,15H,2-6H2,1H3,(H2,13,17). The van der Waals surface area contributed by atoms with E-state index in [1.807, 2.05) is 5.51 Å². The number of rotatable bonds is 5. The average molecular weight is 268 g/mol. The van der Waals surface area contributed by atoms with Gasteiger partial charge in [-0.3, -0.25) is 9.69 Å². The Labute approximate surface area is 111 Å². The van der Waals surface area contributed by atoms with E-state index < -0.39 is 0 Å². The van der Waals surface area contributed by atoms with E-state index in [2.05, 4.69) is 27.5 Å². The number of primary amides is 1. The number of hydrogen-bond acceptors (Lipinski definition) is 5. The summed E-state index contributed by atoms with van der Waals surface area (Å²) in [6.45, 7) is 4.40. The molecule has 1 aromatic rings. The predicted octanol–water partition coefficient (Wildman–Crippen LogP) is 0.743. The number of carbonyl (C=O) groups is 1. The third-order valence-corrected chi connectivity index (χ3v) is 3.95. The van der Waals surface area contributed by atoms with Gasteiger partial charge in [-0.15, -0.1) is 11.3 Å². The largest absolute Gasteiger partial charge is 0.369 e. The number of nitrogens with zero attached hydrogens (tertiary/aromatic N) is 2. The maximum absolute atomic E-state index is 10.8. The van der Waals surface area contributed by atoms with Gasteiger partial charge >= 0.3 is 0 Å². The lowest BCUT2D eigenvalue weighted by atomic mass is 10.0. The van der Waals surface area contributed by atoms with Crippen LogP contribution in [0.3, 0.4) is 0 Å². The van der Waals surface area contributed by atoms with Crippen molar-refractivity contribution < 1.29 is 4.79 Å². The highest BCUT2D eigenvalue weighted by Gasteiger charge is 2.21. The minimum atomic E-state index is -0.239. The highest BCUT2D eigenvalue weighted by Crippen LogP contribution is 2.17. The fraction of sp³-hybridized carbons (Fsp3) is 0.667. The number of likely N-dealkylation sites (tertiary alicyclic amines) is 1. The Kier molecular flexibility index (Phi) is 4.68. The van der Waals surface area contributed by atoms with Gasteiger partial charge in [-0.25, -0.2) is 4.98 Å². The molecular weight excluding hydrogens is 248 g/mol. The number of nitrogens with one attached hydrogen (secondary N) is 1. The van der Waals surface area contributed by atoms with Crippen LogP contribution >= 0.6 is 11.3 Å². The molecule has 1 aliphatic rings. The Morgan fingerprint density at radius 2 is 2.39 bits per heavy atom. The fourth-order valence-electron chi connectivity index (χ4n) is 2.35. The molecule has 1 fully saturated rings. The van der Waals surface area contributed by atoms with Crippen LogP contribution in [0.25, 0.3) is 0 Å². The second kappa shape index (κ2) is 6.26. The lowest BCUT2D eigenvalue weighted by molar-refractivity contribution is -0.119. The van der Waals surface area contributed by atoms with Crippen molar-refractivity contribution in [2.45, 2.75) is 31.8 Å². The SMILES string of the molecule is CC(NC1CCN(CC(N)=O)CC1)c1cscn1. The van der Waals surface area contributed by atoms with Gasteiger partial charge in [-0.2, -0.15) is 0 Å². The zero-order valence-corrected chi connectivity index (χ0v) is 11.4. The maximum atomic E-state index is 10.8. The smallest absolute Gasteiger partial charge is 0.231 e. The van der Waals surface area contributed by atoms with Gasteiger partial charge in [0.1, 0.15) is 0 Å². The van der Waals surface area contributed by atoms with E-state index in [0.29, 0.717) is 18.6 Å². The number of hydrogen-bond donors (Lipinski definition) is 2. The molecule has 100 valence electrons. The first-order chi connectivity index (χ1) is 8.65. The average Bonchev–Trinajstić information content (AvgIpc) is 2.84. The Balaban J connectivity index is 1.75. The summed E-state index contributed by atoms with van der Waals surface area (Å²) < 4.78 is 0. The molecule has 1 amide bonds. The van der Waals surface area contributed by atoms with Gasteiger partial charge in [0, 0.05) is 30.6 Å². The second-order valence-electron chi connectivity index (χ2n) is 4.82. The number of nitrogens with two attached hydrogens (primary N) is 1. The molecule has 18 heavy (non-hydrogen) atoms. The van der Waals surface area contributed by atoms with E-state index in [-0.39, 0.29) is 5.91 Å². The minimum absolute atomic E-state index is 0.239. The molecule has 0 saturated carbocycles. The van der Waals surface area contributed by atoms with Crippen LogP contribution in [0.5, 0.6) is 0 Å². The third kappa shape index (κ3) is 3.76.